The molecule has 1 aromatic heterocycles. The molecule has 8 N–H and O–H groups in total. The van der Waals surface area contributed by atoms with Crippen molar-refractivity contribution >= 4 is 57.7 Å². The lowest BCUT2D eigenvalue weighted by Gasteiger charge is -2.19. The van der Waals surface area contributed by atoms with Crippen LogP contribution in [0.4, 0.5) is 11.5 Å². The fourth-order valence-corrected chi connectivity index (χ4v) is 10.8. The second-order valence-corrected chi connectivity index (χ2v) is 20.5. The van der Waals surface area contributed by atoms with E-state index in [-0.39, 0.29) is 65.3 Å². The zero-order valence-electron chi connectivity index (χ0n) is 38.4. The largest absolute Gasteiger partial charge is 0.490 e. The van der Waals surface area contributed by atoms with Crippen molar-refractivity contribution in [2.75, 3.05) is 25.5 Å². The average molecular weight is 1070 g/mol. The number of carboxylic acid groups (broad SMARTS) is 1. The number of carboxylic acids is 1. The summed E-state index contributed by atoms with van der Waals surface area (Å²) in [7, 11) is -15.1. The van der Waals surface area contributed by atoms with Crippen LogP contribution in [0.2, 0.25) is 0 Å². The number of phosphoric acid groups is 3. The van der Waals surface area contributed by atoms with Crippen LogP contribution in [-0.2, 0) is 44.7 Å². The molecule has 0 saturated carbocycles. The highest BCUT2D eigenvalue weighted by molar-refractivity contribution is 7.66. The number of hydrogen-bond donors (Lipinski definition) is 8. The van der Waals surface area contributed by atoms with Gasteiger partial charge in [-0.1, -0.05) is 30.0 Å². The molecule has 7 rings (SSSR count). The zero-order chi connectivity index (χ0) is 52.8. The first-order chi connectivity index (χ1) is 34.5. The Bertz CT molecular complexity index is 3440. The van der Waals surface area contributed by atoms with Gasteiger partial charge < -0.3 is 49.6 Å². The smallest absolute Gasteiger partial charge is 0.478 e. The number of ether oxygens (including phenoxy) is 1. The van der Waals surface area contributed by atoms with Gasteiger partial charge in [-0.3, -0.25) is 29.0 Å². The summed E-state index contributed by atoms with van der Waals surface area (Å²) in [6, 6.07) is 21.0. The van der Waals surface area contributed by atoms with Crippen LogP contribution >= 0.6 is 23.5 Å². The Labute approximate surface area is 413 Å². The number of hydrogen-bond acceptors (Lipinski definition) is 18. The summed E-state index contributed by atoms with van der Waals surface area (Å²) in [5, 5.41) is 40.2. The van der Waals surface area contributed by atoms with E-state index in [4.69, 9.17) is 18.9 Å². The van der Waals surface area contributed by atoms with Crippen LogP contribution in [0.5, 0.6) is 0 Å². The Morgan fingerprint density at radius 2 is 1.75 bits per heavy atom. The molecular weight excluding hydrogens is 1020 g/mol. The van der Waals surface area contributed by atoms with Crippen molar-refractivity contribution in [3.05, 3.63) is 139 Å². The van der Waals surface area contributed by atoms with Gasteiger partial charge in [-0.2, -0.15) is 13.6 Å². The number of nitrogens with one attached hydrogen (secondary N) is 2. The quantitative estimate of drug-likeness (QED) is 0.0115. The fraction of sp³-hybridized carbons (Fsp3) is 0.267. The first kappa shape index (κ1) is 54.2. The summed E-state index contributed by atoms with van der Waals surface area (Å²) in [5.74, 6) is 4.70. The van der Waals surface area contributed by atoms with Crippen molar-refractivity contribution in [2.24, 2.45) is 4.99 Å². The van der Waals surface area contributed by atoms with Gasteiger partial charge in [0.1, 0.15) is 29.5 Å². The van der Waals surface area contributed by atoms with Crippen LogP contribution in [0.25, 0.3) is 33.4 Å². The topological polar surface area (TPSA) is 371 Å². The lowest BCUT2D eigenvalue weighted by atomic mass is 9.88. The Morgan fingerprint density at radius 1 is 0.973 bits per heavy atom. The molecule has 0 bridgehead atoms. The number of anilines is 1. The van der Waals surface area contributed by atoms with E-state index in [1.165, 1.54) is 42.6 Å². The number of phosphoric ester groups is 1. The summed E-state index contributed by atoms with van der Waals surface area (Å²) in [5.41, 5.74) is 2.45. The van der Waals surface area contributed by atoms with E-state index < -0.39 is 65.1 Å². The summed E-state index contributed by atoms with van der Waals surface area (Å²) < 4.78 is 59.2. The highest BCUT2D eigenvalue weighted by Gasteiger charge is 2.43. The summed E-state index contributed by atoms with van der Waals surface area (Å²) >= 11 is 0. The second-order valence-electron chi connectivity index (χ2n) is 16.1. The monoisotopic (exact) mass is 1070 g/mol. The molecule has 1 aliphatic carbocycles. The number of aromatic nitrogens is 2. The molecule has 3 aromatic carbocycles. The van der Waals surface area contributed by atoms with E-state index in [0.717, 1.165) is 10.1 Å². The average Bonchev–Trinajstić information content (AvgIpc) is 3.69. The minimum atomic E-state index is -5.79. The lowest BCUT2D eigenvalue weighted by Crippen LogP contribution is -2.28. The van der Waals surface area contributed by atoms with Gasteiger partial charge in [-0.25, -0.2) is 23.3 Å². The van der Waals surface area contributed by atoms with Crippen LogP contribution in [0.15, 0.2) is 99.3 Å². The number of carbonyl (C=O) groups is 2. The number of carbonyl (C=O) groups excluding carboxylic acids is 1. The van der Waals surface area contributed by atoms with Crippen molar-refractivity contribution < 1.29 is 80.3 Å². The maximum Gasteiger partial charge on any atom is 0.490 e. The van der Waals surface area contributed by atoms with Crippen LogP contribution < -0.4 is 21.7 Å². The summed E-state index contributed by atoms with van der Waals surface area (Å²) in [6.07, 6.45) is -3.07. The lowest BCUT2D eigenvalue weighted by molar-refractivity contribution is -0.385. The van der Waals surface area contributed by atoms with Crippen LogP contribution in [-0.4, -0.2) is 88.4 Å². The predicted molar refractivity (Wildman–Crippen MR) is 258 cm³/mol. The Kier molecular flexibility index (Phi) is 16.8. The van der Waals surface area contributed by atoms with E-state index >= 15 is 0 Å². The second kappa shape index (κ2) is 22.7. The molecule has 3 aliphatic rings. The molecule has 3 heterocycles. The normalized spacial score (nSPS) is 17.7. The van der Waals surface area contributed by atoms with Gasteiger partial charge in [-0.15, -0.1) is 0 Å². The number of rotatable bonds is 20. The third-order valence-corrected chi connectivity index (χ3v) is 14.7. The summed E-state index contributed by atoms with van der Waals surface area (Å²) in [4.78, 5) is 95.6. The molecular formula is C45H45N6O19P3. The molecule has 25 nitrogen and oxygen atoms in total. The third kappa shape index (κ3) is 13.7. The van der Waals surface area contributed by atoms with Gasteiger partial charge in [0.2, 0.25) is 0 Å². The van der Waals surface area contributed by atoms with Crippen molar-refractivity contribution in [3.63, 3.8) is 0 Å². The van der Waals surface area contributed by atoms with Crippen molar-refractivity contribution in [3.8, 4) is 34.3 Å². The molecule has 0 amide bonds. The van der Waals surface area contributed by atoms with E-state index in [9.17, 15) is 58.2 Å². The number of nitro benzene ring substituents is 1. The number of Topliss-reactive ketones (excluding diaryl/α,β-unsaturated/α-hetero) is 1. The van der Waals surface area contributed by atoms with Gasteiger partial charge in [-0.05, 0) is 73.6 Å². The Morgan fingerprint density at radius 3 is 2.45 bits per heavy atom. The third-order valence-electron chi connectivity index (χ3n) is 10.9. The molecule has 4 aromatic rings. The van der Waals surface area contributed by atoms with Gasteiger partial charge >= 0.3 is 35.1 Å². The number of fused-ring (bicyclic) bond motifs is 2. The number of aliphatic hydroxyl groups excluding tert-OH is 1. The minimum Gasteiger partial charge on any atom is -0.478 e. The summed E-state index contributed by atoms with van der Waals surface area (Å²) in [6.45, 7) is 1.88. The molecule has 3 unspecified atom stereocenters. The maximum atomic E-state index is 13.7. The molecule has 1 saturated heterocycles. The Balaban J connectivity index is 1.000. The van der Waals surface area contributed by atoms with Crippen LogP contribution in [0.3, 0.4) is 0 Å². The zero-order valence-corrected chi connectivity index (χ0v) is 41.1. The number of benzene rings is 4. The Hall–Kier alpha value is -6.58. The molecule has 28 heteroatoms. The van der Waals surface area contributed by atoms with E-state index in [2.05, 4.69) is 45.6 Å². The number of aromatic carboxylic acids is 1. The van der Waals surface area contributed by atoms with Gasteiger partial charge in [0.15, 0.2) is 5.78 Å². The number of aliphatic hydroxyl groups is 1. The first-order valence-corrected chi connectivity index (χ1v) is 26.3. The first-order valence-electron chi connectivity index (χ1n) is 21.8. The number of nitro groups is 1. The standard InChI is InChI=1S/C45H45N6O19P3/c1-3-47-30-12-15-33-39(21-30)67-38-19-27(23-46-2)9-13-32(38)43(33)34-20-28(11-14-31(34)44(54)55)36(52)7-5-4-6-26-8-10-29(35(18-26)51(57)58)24-48-41-16-17-50(45(56)49-41)42-22-37(53)40(68-42)25-66-72(62,63)70-73(64,65)69-71(59,60)61/h8-21,37,40,42,46,53H,3,5,7,22-25H2,1-2H3,(H,54,55)(H,62,63)(H,64,65)(H,48,49,56)(H2,59,60,61)/t37?,40-,42-/m1/s1. The van der Waals surface area contributed by atoms with Gasteiger partial charge in [0.05, 0.1) is 28.6 Å². The minimum absolute atomic E-state index is 0.00589. The van der Waals surface area contributed by atoms with Crippen molar-refractivity contribution in [1.29, 1.82) is 0 Å². The van der Waals surface area contributed by atoms with Crippen molar-refractivity contribution in [2.45, 2.75) is 57.7 Å². The predicted octanol–water partition coefficient (Wildman–Crippen LogP) is 5.63. The van der Waals surface area contributed by atoms with E-state index in [1.807, 2.05) is 44.3 Å². The molecule has 5 atom stereocenters. The molecule has 0 spiro atoms. The molecule has 1 fully saturated rings. The van der Waals surface area contributed by atoms with Gasteiger partial charge in [0, 0.05) is 90.4 Å². The van der Waals surface area contributed by atoms with E-state index in [1.54, 1.807) is 12.1 Å². The van der Waals surface area contributed by atoms with Crippen molar-refractivity contribution in [1.82, 2.24) is 14.9 Å². The van der Waals surface area contributed by atoms with E-state index in [0.29, 0.717) is 51.9 Å². The molecule has 0 radical (unpaired) electrons. The molecule has 384 valence electrons. The molecule has 73 heavy (non-hydrogen) atoms. The number of ketones is 1. The molecule has 2 aliphatic heterocycles. The fourth-order valence-electron chi connectivity index (χ4n) is 7.79. The highest BCUT2D eigenvalue weighted by atomic mass is 31.3. The van der Waals surface area contributed by atoms with Crippen LogP contribution in [0.1, 0.15) is 69.8 Å². The SMILES string of the molecule is CCN=c1ccc2c(-c3cc(C(=O)CCC#Cc4ccc(CNc5ccn([C@H]6CC(O)[C@@H](COP(=O)(O)OP(=O)(O)OP(=O)(O)O)O6)c(=O)n5)c([N+](=O)[O-])c4)ccc3C(=O)O)c3ccc(CNC)cc3oc-2c1. The maximum absolute atomic E-state index is 13.7. The highest BCUT2D eigenvalue weighted by Crippen LogP contribution is 2.66. The number of nitrogens with zero attached hydrogens (tertiary/aromatic N) is 4. The van der Waals surface area contributed by atoms with Crippen LogP contribution in [0, 0.1) is 22.0 Å². The van der Waals surface area contributed by atoms with Gasteiger partial charge in [0.25, 0.3) is 5.69 Å².